The van der Waals surface area contributed by atoms with Gasteiger partial charge in [-0.15, -0.1) is 0 Å². The number of piperidine rings is 1. The molecule has 1 aromatic heterocycles. The average molecular weight is 396 g/mol. The molecule has 0 spiro atoms. The molecule has 0 radical (unpaired) electrons. The Balaban J connectivity index is 1.46. The van der Waals surface area contributed by atoms with Crippen molar-refractivity contribution in [3.05, 3.63) is 64.7 Å². The molecule has 1 aromatic carbocycles. The Morgan fingerprint density at radius 3 is 2.72 bits per heavy atom. The molecule has 2 aliphatic rings. The zero-order valence-corrected chi connectivity index (χ0v) is 17.2. The first-order chi connectivity index (χ1) is 14.1. The van der Waals surface area contributed by atoms with E-state index in [9.17, 15) is 9.18 Å². The first kappa shape index (κ1) is 20.0. The van der Waals surface area contributed by atoms with Gasteiger partial charge in [0.25, 0.3) is 0 Å². The molecule has 2 fully saturated rings. The number of rotatable bonds is 5. The van der Waals surface area contributed by atoms with Crippen molar-refractivity contribution in [3.63, 3.8) is 0 Å². The molecule has 2 aromatic rings. The summed E-state index contributed by atoms with van der Waals surface area (Å²) in [6.45, 7) is 6.21. The van der Waals surface area contributed by atoms with Crippen LogP contribution in [0.4, 0.5) is 4.39 Å². The molecular weight excluding hydrogens is 365 g/mol. The molecule has 0 aliphatic carbocycles. The van der Waals surface area contributed by atoms with Gasteiger partial charge in [0.05, 0.1) is 6.54 Å². The average Bonchev–Trinajstić information content (AvgIpc) is 3.22. The fourth-order valence-corrected chi connectivity index (χ4v) is 4.62. The lowest BCUT2D eigenvalue weighted by Gasteiger charge is -2.33. The van der Waals surface area contributed by atoms with E-state index in [1.807, 2.05) is 30.0 Å². The van der Waals surface area contributed by atoms with E-state index in [1.54, 1.807) is 6.07 Å². The molecule has 0 N–H and O–H groups in total. The van der Waals surface area contributed by atoms with Gasteiger partial charge >= 0.3 is 0 Å². The summed E-state index contributed by atoms with van der Waals surface area (Å²) in [6.07, 6.45) is 5.02. The number of amides is 1. The van der Waals surface area contributed by atoms with Crippen LogP contribution in [0.5, 0.6) is 0 Å². The van der Waals surface area contributed by atoms with Crippen LogP contribution in [0.15, 0.2) is 36.4 Å². The van der Waals surface area contributed by atoms with Crippen LogP contribution in [0.25, 0.3) is 0 Å². The minimum absolute atomic E-state index is 0.167. The van der Waals surface area contributed by atoms with Gasteiger partial charge in [0.2, 0.25) is 5.91 Å². The number of carbonyl (C=O) groups is 1. The molecular formula is C24H30FN3O. The van der Waals surface area contributed by atoms with Crippen LogP contribution in [0, 0.1) is 12.7 Å². The van der Waals surface area contributed by atoms with Gasteiger partial charge in [-0.2, -0.15) is 0 Å². The maximum absolute atomic E-state index is 14.1. The first-order valence-corrected chi connectivity index (χ1v) is 10.8. The number of benzene rings is 1. The van der Waals surface area contributed by atoms with Crippen molar-refractivity contribution in [2.75, 3.05) is 32.7 Å². The number of nitrogens with zero attached hydrogens (tertiary/aromatic N) is 3. The van der Waals surface area contributed by atoms with Gasteiger partial charge in [0, 0.05) is 36.8 Å². The molecule has 3 heterocycles. The zero-order chi connectivity index (χ0) is 20.2. The Bertz CT molecular complexity index is 863. The fraction of sp³-hybridized carbons (Fsp3) is 0.500. The monoisotopic (exact) mass is 395 g/mol. The highest BCUT2D eigenvalue weighted by Gasteiger charge is 2.27. The first-order valence-electron chi connectivity index (χ1n) is 10.8. The summed E-state index contributed by atoms with van der Waals surface area (Å²) in [5.74, 6) is 0.334. The van der Waals surface area contributed by atoms with Gasteiger partial charge < -0.3 is 4.90 Å². The Kier molecular flexibility index (Phi) is 6.24. The largest absolute Gasteiger partial charge is 0.341 e. The molecule has 0 saturated carbocycles. The maximum Gasteiger partial charge on any atom is 0.236 e. The third-order valence-electron chi connectivity index (χ3n) is 6.14. The molecule has 29 heavy (non-hydrogen) atoms. The number of carbonyl (C=O) groups excluding carboxylic acids is 1. The second-order valence-corrected chi connectivity index (χ2v) is 8.47. The lowest BCUT2D eigenvalue weighted by Crippen LogP contribution is -2.44. The van der Waals surface area contributed by atoms with Crippen molar-refractivity contribution in [2.45, 2.75) is 44.9 Å². The molecule has 2 aliphatic heterocycles. The van der Waals surface area contributed by atoms with Crippen LogP contribution in [-0.2, 0) is 11.2 Å². The summed E-state index contributed by atoms with van der Waals surface area (Å²) >= 11 is 0. The van der Waals surface area contributed by atoms with Crippen LogP contribution in [0.1, 0.15) is 54.1 Å². The molecule has 0 bridgehead atoms. The normalized spacial score (nSPS) is 20.2. The summed E-state index contributed by atoms with van der Waals surface area (Å²) in [6, 6.07) is 11.1. The van der Waals surface area contributed by atoms with Crippen molar-refractivity contribution in [3.8, 4) is 0 Å². The number of halogens is 1. The molecule has 4 rings (SSSR count). The van der Waals surface area contributed by atoms with E-state index < -0.39 is 0 Å². The third kappa shape index (κ3) is 5.02. The topological polar surface area (TPSA) is 36.4 Å². The number of aryl methyl sites for hydroxylation is 1. The summed E-state index contributed by atoms with van der Waals surface area (Å²) < 4.78 is 14.1. The predicted octanol–water partition coefficient (Wildman–Crippen LogP) is 3.92. The number of likely N-dealkylation sites (tertiary alicyclic amines) is 2. The van der Waals surface area contributed by atoms with Gasteiger partial charge in [-0.25, -0.2) is 4.39 Å². The van der Waals surface area contributed by atoms with Crippen molar-refractivity contribution >= 4 is 5.91 Å². The van der Waals surface area contributed by atoms with Gasteiger partial charge in [-0.1, -0.05) is 18.2 Å². The highest BCUT2D eigenvalue weighted by molar-refractivity contribution is 5.78. The standard InChI is InChI=1S/C24H30FN3O/c1-18-13-19(14-20-7-2-3-9-22(20)25)15-23(26-18)21-8-6-12-28(16-21)24(29)17-27-10-4-5-11-27/h2-3,7,9,13,15,21H,4-6,8,10-12,14,16-17H2,1H3. The quantitative estimate of drug-likeness (QED) is 0.770. The predicted molar refractivity (Wildman–Crippen MR) is 112 cm³/mol. The molecule has 1 atom stereocenters. The number of hydrogen-bond acceptors (Lipinski definition) is 3. The lowest BCUT2D eigenvalue weighted by atomic mass is 9.92. The zero-order valence-electron chi connectivity index (χ0n) is 17.2. The van der Waals surface area contributed by atoms with Crippen molar-refractivity contribution in [1.82, 2.24) is 14.8 Å². The minimum Gasteiger partial charge on any atom is -0.341 e. The van der Waals surface area contributed by atoms with Gasteiger partial charge in [0.1, 0.15) is 5.82 Å². The van der Waals surface area contributed by atoms with Gasteiger partial charge in [-0.3, -0.25) is 14.7 Å². The van der Waals surface area contributed by atoms with Crippen LogP contribution >= 0.6 is 0 Å². The van der Waals surface area contributed by atoms with Crippen molar-refractivity contribution in [2.24, 2.45) is 0 Å². The number of aromatic nitrogens is 1. The summed E-state index contributed by atoms with van der Waals surface area (Å²) in [5.41, 5.74) is 3.78. The van der Waals surface area contributed by atoms with Crippen LogP contribution < -0.4 is 0 Å². The van der Waals surface area contributed by atoms with E-state index in [4.69, 9.17) is 4.98 Å². The van der Waals surface area contributed by atoms with Gasteiger partial charge in [0.15, 0.2) is 0 Å². The van der Waals surface area contributed by atoms with Crippen molar-refractivity contribution < 1.29 is 9.18 Å². The van der Waals surface area contributed by atoms with E-state index in [-0.39, 0.29) is 17.6 Å². The number of hydrogen-bond donors (Lipinski definition) is 0. The van der Waals surface area contributed by atoms with E-state index in [1.165, 1.54) is 18.9 Å². The molecule has 1 amide bonds. The van der Waals surface area contributed by atoms with E-state index in [0.29, 0.717) is 18.5 Å². The Labute approximate surface area is 172 Å². The smallest absolute Gasteiger partial charge is 0.236 e. The molecule has 5 heteroatoms. The van der Waals surface area contributed by atoms with Crippen LogP contribution in [0.2, 0.25) is 0 Å². The molecule has 154 valence electrons. The SMILES string of the molecule is Cc1cc(Cc2ccccc2F)cc(C2CCCN(C(=O)CN3CCCC3)C2)n1. The second-order valence-electron chi connectivity index (χ2n) is 8.47. The Morgan fingerprint density at radius 2 is 1.93 bits per heavy atom. The van der Waals surface area contributed by atoms with Gasteiger partial charge in [-0.05, 0) is 75.0 Å². The van der Waals surface area contributed by atoms with Crippen LogP contribution in [-0.4, -0.2) is 53.4 Å². The number of pyridine rings is 1. The molecule has 4 nitrogen and oxygen atoms in total. The van der Waals surface area contributed by atoms with E-state index in [0.717, 1.165) is 56.0 Å². The minimum atomic E-state index is -0.167. The Morgan fingerprint density at radius 1 is 1.14 bits per heavy atom. The van der Waals surface area contributed by atoms with Crippen molar-refractivity contribution in [1.29, 1.82) is 0 Å². The van der Waals surface area contributed by atoms with Crippen LogP contribution in [0.3, 0.4) is 0 Å². The molecule has 2 saturated heterocycles. The summed E-state index contributed by atoms with van der Waals surface area (Å²) in [7, 11) is 0. The summed E-state index contributed by atoms with van der Waals surface area (Å²) in [4.78, 5) is 21.8. The van der Waals surface area contributed by atoms with E-state index in [2.05, 4.69) is 11.0 Å². The fourth-order valence-electron chi connectivity index (χ4n) is 4.62. The molecule has 1 unspecified atom stereocenters. The lowest BCUT2D eigenvalue weighted by molar-refractivity contribution is -0.133. The highest BCUT2D eigenvalue weighted by atomic mass is 19.1. The second kappa shape index (κ2) is 9.04. The third-order valence-corrected chi connectivity index (χ3v) is 6.14. The highest BCUT2D eigenvalue weighted by Crippen LogP contribution is 2.28. The maximum atomic E-state index is 14.1. The summed E-state index contributed by atoms with van der Waals surface area (Å²) in [5, 5.41) is 0. The Hall–Kier alpha value is -2.27. The van der Waals surface area contributed by atoms with E-state index >= 15 is 0 Å².